The minimum absolute atomic E-state index is 0.105. The number of urea groups is 1. The number of pyridine rings is 1. The lowest BCUT2D eigenvalue weighted by atomic mass is 9.99. The number of rotatable bonds is 1. The molecular formula is C19H20ClFN4O2. The quantitative estimate of drug-likeness (QED) is 0.813. The number of aliphatic hydroxyl groups is 1. The fourth-order valence-corrected chi connectivity index (χ4v) is 3.83. The number of aliphatic hydroxyl groups excluding tert-OH is 1. The zero-order valence-corrected chi connectivity index (χ0v) is 15.4. The van der Waals surface area contributed by atoms with Gasteiger partial charge >= 0.3 is 6.03 Å². The van der Waals surface area contributed by atoms with Crippen LogP contribution >= 0.6 is 11.6 Å². The molecule has 1 saturated heterocycles. The molecule has 1 atom stereocenters. The Morgan fingerprint density at radius 1 is 1.19 bits per heavy atom. The third-order valence-electron chi connectivity index (χ3n) is 5.09. The molecule has 1 aromatic carbocycles. The van der Waals surface area contributed by atoms with Gasteiger partial charge in [0.05, 0.1) is 11.8 Å². The van der Waals surface area contributed by atoms with Crippen LogP contribution in [0.5, 0.6) is 0 Å². The smallest absolute Gasteiger partial charge is 0.324 e. The molecule has 6 nitrogen and oxygen atoms in total. The summed E-state index contributed by atoms with van der Waals surface area (Å²) in [4.78, 5) is 22.5. The standard InChI is InChI=1S/C19H20ClFN4O2/c20-13-3-4-16-14(12-13)17(26)5-7-25(16)19(27)24-10-8-23(9-11-24)18-15(21)2-1-6-22-18/h1-4,6,12,17,26H,5,7-11H2. The highest BCUT2D eigenvalue weighted by molar-refractivity contribution is 6.30. The van der Waals surface area contributed by atoms with E-state index in [1.807, 2.05) is 4.90 Å². The van der Waals surface area contributed by atoms with Crippen molar-refractivity contribution >= 4 is 29.1 Å². The number of piperazine rings is 1. The second-order valence-corrected chi connectivity index (χ2v) is 7.16. The average Bonchev–Trinajstić information content (AvgIpc) is 2.69. The van der Waals surface area contributed by atoms with Gasteiger partial charge in [0.25, 0.3) is 0 Å². The summed E-state index contributed by atoms with van der Waals surface area (Å²) in [6.45, 7) is 2.45. The van der Waals surface area contributed by atoms with Crippen molar-refractivity contribution in [2.45, 2.75) is 12.5 Å². The maximum atomic E-state index is 13.9. The molecule has 1 unspecified atom stereocenters. The lowest BCUT2D eigenvalue weighted by Crippen LogP contribution is -2.54. The van der Waals surface area contributed by atoms with E-state index in [9.17, 15) is 14.3 Å². The topological polar surface area (TPSA) is 59.9 Å². The van der Waals surface area contributed by atoms with Crippen molar-refractivity contribution in [1.29, 1.82) is 0 Å². The number of nitrogens with zero attached hydrogens (tertiary/aromatic N) is 4. The van der Waals surface area contributed by atoms with Gasteiger partial charge in [0.2, 0.25) is 0 Å². The Kier molecular flexibility index (Phi) is 4.88. The molecule has 27 heavy (non-hydrogen) atoms. The van der Waals surface area contributed by atoms with Gasteiger partial charge in [0, 0.05) is 49.5 Å². The molecule has 0 saturated carbocycles. The van der Waals surface area contributed by atoms with E-state index in [4.69, 9.17) is 11.6 Å². The SMILES string of the molecule is O=C(N1CCN(c2ncccc2F)CC1)N1CCC(O)c2cc(Cl)ccc21. The van der Waals surface area contributed by atoms with Crippen molar-refractivity contribution in [2.75, 3.05) is 42.5 Å². The van der Waals surface area contributed by atoms with Crippen LogP contribution in [0, 0.1) is 5.82 Å². The minimum atomic E-state index is -0.619. The lowest BCUT2D eigenvalue weighted by molar-refractivity contribution is 0.160. The van der Waals surface area contributed by atoms with Crippen LogP contribution in [0.25, 0.3) is 0 Å². The Labute approximate surface area is 161 Å². The summed E-state index contributed by atoms with van der Waals surface area (Å²) in [5.74, 6) is -0.0289. The highest BCUT2D eigenvalue weighted by Crippen LogP contribution is 2.36. The normalized spacial score (nSPS) is 19.8. The number of fused-ring (bicyclic) bond motifs is 1. The van der Waals surface area contributed by atoms with Gasteiger partial charge in [-0.15, -0.1) is 0 Å². The highest BCUT2D eigenvalue weighted by atomic mass is 35.5. The van der Waals surface area contributed by atoms with E-state index < -0.39 is 6.10 Å². The van der Waals surface area contributed by atoms with Gasteiger partial charge in [-0.05, 0) is 36.8 Å². The first-order valence-electron chi connectivity index (χ1n) is 8.94. The van der Waals surface area contributed by atoms with Crippen LogP contribution in [0.15, 0.2) is 36.5 Å². The molecule has 0 aliphatic carbocycles. The van der Waals surface area contributed by atoms with Crippen molar-refractivity contribution in [3.63, 3.8) is 0 Å². The molecule has 142 valence electrons. The molecule has 2 aromatic rings. The molecule has 0 radical (unpaired) electrons. The van der Waals surface area contributed by atoms with Gasteiger partial charge in [-0.1, -0.05) is 11.6 Å². The molecular weight excluding hydrogens is 371 g/mol. The van der Waals surface area contributed by atoms with Crippen LogP contribution in [0.2, 0.25) is 5.02 Å². The van der Waals surface area contributed by atoms with Crippen LogP contribution in [-0.4, -0.2) is 53.7 Å². The maximum absolute atomic E-state index is 13.9. The van der Waals surface area contributed by atoms with Crippen LogP contribution in [-0.2, 0) is 0 Å². The first-order valence-corrected chi connectivity index (χ1v) is 9.32. The summed E-state index contributed by atoms with van der Waals surface area (Å²) in [7, 11) is 0. The fourth-order valence-electron chi connectivity index (χ4n) is 3.65. The molecule has 1 fully saturated rings. The largest absolute Gasteiger partial charge is 0.388 e. The Bertz CT molecular complexity index is 857. The monoisotopic (exact) mass is 390 g/mol. The van der Waals surface area contributed by atoms with Gasteiger partial charge in [-0.3, -0.25) is 4.90 Å². The van der Waals surface area contributed by atoms with E-state index in [0.29, 0.717) is 61.2 Å². The van der Waals surface area contributed by atoms with Gasteiger partial charge in [0.15, 0.2) is 11.6 Å². The van der Waals surface area contributed by atoms with Gasteiger partial charge in [-0.25, -0.2) is 14.2 Å². The molecule has 3 heterocycles. The third-order valence-corrected chi connectivity index (χ3v) is 5.32. The summed E-state index contributed by atoms with van der Waals surface area (Å²) in [5.41, 5.74) is 1.37. The fraction of sp³-hybridized carbons (Fsp3) is 0.368. The molecule has 2 aliphatic heterocycles. The summed E-state index contributed by atoms with van der Waals surface area (Å²) < 4.78 is 13.9. The highest BCUT2D eigenvalue weighted by Gasteiger charge is 2.32. The van der Waals surface area contributed by atoms with E-state index in [1.165, 1.54) is 6.07 Å². The molecule has 1 aromatic heterocycles. The molecule has 0 bridgehead atoms. The predicted molar refractivity (Wildman–Crippen MR) is 102 cm³/mol. The van der Waals surface area contributed by atoms with Crippen LogP contribution < -0.4 is 9.80 Å². The molecule has 8 heteroatoms. The third kappa shape index (κ3) is 3.44. The molecule has 1 N–H and O–H groups in total. The number of carbonyl (C=O) groups is 1. The summed E-state index contributed by atoms with van der Waals surface area (Å²) in [6.07, 6.45) is 1.42. The Balaban J connectivity index is 1.48. The van der Waals surface area contributed by atoms with Crippen molar-refractivity contribution < 1.29 is 14.3 Å². The van der Waals surface area contributed by atoms with Crippen molar-refractivity contribution in [2.24, 2.45) is 0 Å². The second kappa shape index (κ2) is 7.32. The van der Waals surface area contributed by atoms with Gasteiger partial charge < -0.3 is 14.9 Å². The Morgan fingerprint density at radius 3 is 2.70 bits per heavy atom. The zero-order valence-electron chi connectivity index (χ0n) is 14.7. The number of aromatic nitrogens is 1. The summed E-state index contributed by atoms with van der Waals surface area (Å²) >= 11 is 6.04. The van der Waals surface area contributed by atoms with Gasteiger partial charge in [0.1, 0.15) is 0 Å². The van der Waals surface area contributed by atoms with Crippen molar-refractivity contribution in [1.82, 2.24) is 9.88 Å². The van der Waals surface area contributed by atoms with Crippen molar-refractivity contribution in [3.05, 3.63) is 52.9 Å². The lowest BCUT2D eigenvalue weighted by Gasteiger charge is -2.40. The minimum Gasteiger partial charge on any atom is -0.388 e. The van der Waals surface area contributed by atoms with E-state index in [1.54, 1.807) is 40.3 Å². The number of halogens is 2. The number of benzene rings is 1. The summed E-state index contributed by atoms with van der Waals surface area (Å²) in [5, 5.41) is 10.8. The van der Waals surface area contributed by atoms with E-state index in [-0.39, 0.29) is 11.8 Å². The zero-order chi connectivity index (χ0) is 19.0. The van der Waals surface area contributed by atoms with Crippen LogP contribution in [0.3, 0.4) is 0 Å². The number of hydrogen-bond donors (Lipinski definition) is 1. The number of amides is 2. The second-order valence-electron chi connectivity index (χ2n) is 6.72. The molecule has 4 rings (SSSR count). The predicted octanol–water partition coefficient (Wildman–Crippen LogP) is 3.06. The van der Waals surface area contributed by atoms with Crippen LogP contribution in [0.1, 0.15) is 18.1 Å². The first kappa shape index (κ1) is 18.0. The number of carbonyl (C=O) groups excluding carboxylic acids is 1. The molecule has 2 aliphatic rings. The molecule has 2 amide bonds. The van der Waals surface area contributed by atoms with Gasteiger partial charge in [-0.2, -0.15) is 0 Å². The maximum Gasteiger partial charge on any atom is 0.324 e. The van der Waals surface area contributed by atoms with Crippen molar-refractivity contribution in [3.8, 4) is 0 Å². The van der Waals surface area contributed by atoms with E-state index in [0.717, 1.165) is 0 Å². The van der Waals surface area contributed by atoms with E-state index in [2.05, 4.69) is 4.98 Å². The molecule has 0 spiro atoms. The summed E-state index contributed by atoms with van der Waals surface area (Å²) in [6, 6.07) is 8.06. The Morgan fingerprint density at radius 2 is 1.96 bits per heavy atom. The van der Waals surface area contributed by atoms with Crippen LogP contribution in [0.4, 0.5) is 20.7 Å². The average molecular weight is 391 g/mol. The number of anilines is 2. The Hall–Kier alpha value is -2.38. The van der Waals surface area contributed by atoms with E-state index >= 15 is 0 Å². The number of hydrogen-bond acceptors (Lipinski definition) is 4. The first-order chi connectivity index (χ1) is 13.0.